The molecular weight excluding hydrogens is 252 g/mol. The molecule has 0 saturated carbocycles. The molecule has 8 nitrogen and oxygen atoms in total. The van der Waals surface area contributed by atoms with Crippen LogP contribution < -0.4 is 16.2 Å². The normalized spacial score (nSPS) is 35.9. The minimum atomic E-state index is -0.421. The molecule has 2 rings (SSSR count). The van der Waals surface area contributed by atoms with Crippen LogP contribution in [0, 0.1) is 5.41 Å². The van der Waals surface area contributed by atoms with Gasteiger partial charge in [-0.15, -0.1) is 0 Å². The second-order valence-electron chi connectivity index (χ2n) is 4.70. The molecule has 0 bridgehead atoms. The third-order valence-corrected chi connectivity index (χ3v) is 3.00. The zero-order valence-electron chi connectivity index (χ0n) is 11.3. The predicted octanol–water partition coefficient (Wildman–Crippen LogP) is -1.35. The van der Waals surface area contributed by atoms with Crippen LogP contribution >= 0.6 is 0 Å². The smallest absolute Gasteiger partial charge is 0.228 e. The van der Waals surface area contributed by atoms with Crippen molar-refractivity contribution >= 4 is 6.34 Å². The summed E-state index contributed by atoms with van der Waals surface area (Å²) in [6.07, 6.45) is 0.949. The number of aliphatic imine (C=N–C) groups is 1. The lowest BCUT2D eigenvalue weighted by Gasteiger charge is -2.43. The van der Waals surface area contributed by atoms with Crippen LogP contribution in [0.2, 0.25) is 0 Å². The van der Waals surface area contributed by atoms with Crippen LogP contribution in [-0.4, -0.2) is 66.1 Å². The summed E-state index contributed by atoms with van der Waals surface area (Å²) in [5.74, 6) is 0. The van der Waals surface area contributed by atoms with Crippen LogP contribution in [0.25, 0.3) is 0 Å². The molecule has 2 aliphatic rings. The van der Waals surface area contributed by atoms with Gasteiger partial charge in [-0.3, -0.25) is 10.4 Å². The van der Waals surface area contributed by atoms with Crippen LogP contribution in [0.1, 0.15) is 0 Å². The molecule has 0 aliphatic carbocycles. The minimum absolute atomic E-state index is 0.207. The highest BCUT2D eigenvalue weighted by atomic mass is 16.7. The van der Waals surface area contributed by atoms with E-state index in [9.17, 15) is 0 Å². The molecule has 0 aromatic heterocycles. The van der Waals surface area contributed by atoms with Crippen molar-refractivity contribution in [1.82, 2.24) is 16.2 Å². The van der Waals surface area contributed by atoms with Crippen molar-refractivity contribution in [2.24, 2.45) is 10.4 Å². The summed E-state index contributed by atoms with van der Waals surface area (Å²) in [5, 5.41) is 3.00. The third kappa shape index (κ3) is 4.10. The van der Waals surface area contributed by atoms with Crippen molar-refractivity contribution in [1.29, 1.82) is 0 Å². The Morgan fingerprint density at radius 3 is 2.37 bits per heavy atom. The lowest BCUT2D eigenvalue weighted by Crippen LogP contribution is -2.56. The topological polar surface area (TPSA) is 85.4 Å². The Morgan fingerprint density at radius 2 is 1.79 bits per heavy atom. The van der Waals surface area contributed by atoms with Gasteiger partial charge in [0.1, 0.15) is 0 Å². The molecular formula is C11H22N4O4. The largest absolute Gasteiger partial charge is 0.371 e. The Hall–Kier alpha value is -0.770. The molecule has 0 atom stereocenters. The quantitative estimate of drug-likeness (QED) is 0.324. The number of hydrogen-bond donors (Lipinski definition) is 3. The van der Waals surface area contributed by atoms with E-state index in [1.54, 1.807) is 20.4 Å². The van der Waals surface area contributed by atoms with Gasteiger partial charge in [0.2, 0.25) is 6.41 Å². The molecule has 110 valence electrons. The fourth-order valence-corrected chi connectivity index (χ4v) is 1.95. The second kappa shape index (κ2) is 7.13. The first kappa shape index (κ1) is 14.6. The zero-order valence-corrected chi connectivity index (χ0v) is 11.3. The summed E-state index contributed by atoms with van der Waals surface area (Å²) in [7, 11) is 3.47. The van der Waals surface area contributed by atoms with E-state index in [1.165, 1.54) is 0 Å². The SMILES string of the molecule is CN=CNCC1OCC2(CO1)COC(NNC)OC2. The van der Waals surface area contributed by atoms with Gasteiger partial charge in [-0.2, -0.15) is 0 Å². The molecule has 8 heteroatoms. The first-order chi connectivity index (χ1) is 9.28. The Bertz CT molecular complexity index is 284. The number of nitrogens with zero attached hydrogens (tertiary/aromatic N) is 1. The fraction of sp³-hybridized carbons (Fsp3) is 0.909. The van der Waals surface area contributed by atoms with Gasteiger partial charge in [-0.05, 0) is 7.05 Å². The molecule has 0 unspecified atom stereocenters. The van der Waals surface area contributed by atoms with Crippen molar-refractivity contribution in [3.8, 4) is 0 Å². The molecule has 2 heterocycles. The molecule has 2 saturated heterocycles. The summed E-state index contributed by atoms with van der Waals surface area (Å²) in [6, 6.07) is 0. The van der Waals surface area contributed by atoms with Gasteiger partial charge < -0.3 is 24.3 Å². The Kier molecular flexibility index (Phi) is 5.49. The molecule has 0 amide bonds. The van der Waals surface area contributed by atoms with E-state index < -0.39 is 6.41 Å². The van der Waals surface area contributed by atoms with Crippen LogP contribution in [0.4, 0.5) is 0 Å². The number of ether oxygens (including phenoxy) is 4. The average molecular weight is 274 g/mol. The van der Waals surface area contributed by atoms with Crippen molar-refractivity contribution in [3.05, 3.63) is 0 Å². The van der Waals surface area contributed by atoms with E-state index >= 15 is 0 Å². The van der Waals surface area contributed by atoms with Crippen LogP contribution in [-0.2, 0) is 18.9 Å². The lowest BCUT2D eigenvalue weighted by atomic mass is 9.91. The standard InChI is InChI=1S/C11H22N4O4/c1-12-8-14-3-9-16-4-11(5-17-9)6-18-10(15-13-2)19-7-11/h8-10,13,15H,3-7H2,1-2H3,(H,12,14). The van der Waals surface area contributed by atoms with Crippen molar-refractivity contribution in [3.63, 3.8) is 0 Å². The van der Waals surface area contributed by atoms with Gasteiger partial charge in [0.05, 0.1) is 44.7 Å². The molecule has 19 heavy (non-hydrogen) atoms. The van der Waals surface area contributed by atoms with Gasteiger partial charge >= 0.3 is 0 Å². The average Bonchev–Trinajstić information content (AvgIpc) is 2.45. The molecule has 3 N–H and O–H groups in total. The molecule has 2 aliphatic heterocycles. The maximum atomic E-state index is 5.67. The molecule has 2 fully saturated rings. The Morgan fingerprint density at radius 1 is 1.16 bits per heavy atom. The van der Waals surface area contributed by atoms with Crippen molar-refractivity contribution < 1.29 is 18.9 Å². The van der Waals surface area contributed by atoms with Gasteiger partial charge in [0, 0.05) is 7.05 Å². The Balaban J connectivity index is 1.71. The van der Waals surface area contributed by atoms with Crippen LogP contribution in [0.3, 0.4) is 0 Å². The monoisotopic (exact) mass is 274 g/mol. The van der Waals surface area contributed by atoms with E-state index in [1.807, 2.05) is 0 Å². The molecule has 0 aromatic carbocycles. The lowest BCUT2D eigenvalue weighted by molar-refractivity contribution is -0.308. The zero-order chi connectivity index (χ0) is 13.6. The second-order valence-corrected chi connectivity index (χ2v) is 4.70. The van der Waals surface area contributed by atoms with Gasteiger partial charge in [-0.1, -0.05) is 0 Å². The first-order valence-corrected chi connectivity index (χ1v) is 6.31. The minimum Gasteiger partial charge on any atom is -0.371 e. The third-order valence-electron chi connectivity index (χ3n) is 3.00. The van der Waals surface area contributed by atoms with E-state index in [-0.39, 0.29) is 11.7 Å². The van der Waals surface area contributed by atoms with Gasteiger partial charge in [0.25, 0.3) is 0 Å². The van der Waals surface area contributed by atoms with E-state index in [4.69, 9.17) is 18.9 Å². The molecule has 0 aromatic rings. The highest BCUT2D eigenvalue weighted by molar-refractivity contribution is 5.53. The summed E-state index contributed by atoms with van der Waals surface area (Å²) in [5.41, 5.74) is 5.42. The van der Waals surface area contributed by atoms with Gasteiger partial charge in [0.15, 0.2) is 6.29 Å². The maximum Gasteiger partial charge on any atom is 0.228 e. The Labute approximate surface area is 112 Å². The highest BCUT2D eigenvalue weighted by Crippen LogP contribution is 2.29. The number of rotatable bonds is 5. The van der Waals surface area contributed by atoms with Crippen molar-refractivity contribution in [2.45, 2.75) is 12.7 Å². The number of hydrazine groups is 1. The van der Waals surface area contributed by atoms with E-state index in [0.29, 0.717) is 33.0 Å². The first-order valence-electron chi connectivity index (χ1n) is 6.31. The number of nitrogens with one attached hydrogen (secondary N) is 3. The van der Waals surface area contributed by atoms with E-state index in [2.05, 4.69) is 21.2 Å². The van der Waals surface area contributed by atoms with Gasteiger partial charge in [-0.25, -0.2) is 5.43 Å². The summed E-state index contributed by atoms with van der Waals surface area (Å²) in [4.78, 5) is 3.83. The fourth-order valence-electron chi connectivity index (χ4n) is 1.95. The summed E-state index contributed by atoms with van der Waals surface area (Å²) in [6.45, 7) is 2.80. The molecule has 0 radical (unpaired) electrons. The van der Waals surface area contributed by atoms with Crippen molar-refractivity contribution in [2.75, 3.05) is 47.1 Å². The molecule has 1 spiro atoms. The summed E-state index contributed by atoms with van der Waals surface area (Å²) < 4.78 is 22.4. The highest BCUT2D eigenvalue weighted by Gasteiger charge is 2.41. The maximum absolute atomic E-state index is 5.67. The van der Waals surface area contributed by atoms with E-state index in [0.717, 1.165) is 0 Å². The predicted molar refractivity (Wildman–Crippen MR) is 68.4 cm³/mol. The summed E-state index contributed by atoms with van der Waals surface area (Å²) >= 11 is 0. The van der Waals surface area contributed by atoms with Crippen LogP contribution in [0.5, 0.6) is 0 Å². The number of hydrogen-bond acceptors (Lipinski definition) is 7. The van der Waals surface area contributed by atoms with Crippen LogP contribution in [0.15, 0.2) is 4.99 Å².